The molecule has 2 heterocycles. The fraction of sp³-hybridized carbons (Fsp3) is 0.579. The molecule has 1 amide bonds. The molecular weight excluding hydrogens is 318 g/mol. The minimum absolute atomic E-state index is 0.0107. The first-order chi connectivity index (χ1) is 12.2. The van der Waals surface area contributed by atoms with Gasteiger partial charge in [-0.05, 0) is 24.1 Å². The molecule has 0 spiro atoms. The number of nitrogens with zero attached hydrogens (tertiary/aromatic N) is 3. The lowest BCUT2D eigenvalue weighted by Crippen LogP contribution is -2.47. The number of nitriles is 1. The molecule has 0 unspecified atom stereocenters. The van der Waals surface area contributed by atoms with E-state index in [9.17, 15) is 4.79 Å². The van der Waals surface area contributed by atoms with Crippen molar-refractivity contribution in [1.29, 1.82) is 5.26 Å². The maximum atomic E-state index is 12.6. The highest BCUT2D eigenvalue weighted by Gasteiger charge is 2.38. The number of amides is 1. The van der Waals surface area contributed by atoms with Gasteiger partial charge in [-0.25, -0.2) is 0 Å². The second-order valence-electron chi connectivity index (χ2n) is 6.61. The third-order valence-electron chi connectivity index (χ3n) is 5.12. The number of hydrogen-bond acceptors (Lipinski definition) is 5. The number of morpholine rings is 1. The standard InChI is InChI=1S/C19H25N3O3/c1-2-16-12-22(13-18(16)21-6-8-24-9-7-21)19(23)14-25-17-5-3-4-15(10-17)11-20/h3-5,10,16,18H,2,6-9,12-14H2,1H3/t16-,18-/m0/s1. The molecule has 0 aliphatic carbocycles. The van der Waals surface area contributed by atoms with Crippen LogP contribution in [0.5, 0.6) is 5.75 Å². The van der Waals surface area contributed by atoms with Crippen molar-refractivity contribution in [2.45, 2.75) is 19.4 Å². The average molecular weight is 343 g/mol. The molecule has 2 aliphatic rings. The third kappa shape index (κ3) is 4.30. The largest absolute Gasteiger partial charge is 0.484 e. The maximum Gasteiger partial charge on any atom is 0.260 e. The van der Waals surface area contributed by atoms with Gasteiger partial charge in [-0.1, -0.05) is 19.4 Å². The van der Waals surface area contributed by atoms with Crippen LogP contribution in [-0.2, 0) is 9.53 Å². The quantitative estimate of drug-likeness (QED) is 0.811. The molecule has 2 saturated heterocycles. The highest BCUT2D eigenvalue weighted by atomic mass is 16.5. The molecule has 6 heteroatoms. The van der Waals surface area contributed by atoms with E-state index < -0.39 is 0 Å². The molecule has 1 aromatic carbocycles. The molecule has 0 N–H and O–H groups in total. The number of hydrogen-bond donors (Lipinski definition) is 0. The van der Waals surface area contributed by atoms with Gasteiger partial charge < -0.3 is 14.4 Å². The molecule has 2 fully saturated rings. The van der Waals surface area contributed by atoms with Crippen molar-refractivity contribution in [1.82, 2.24) is 9.80 Å². The first-order valence-electron chi connectivity index (χ1n) is 8.93. The van der Waals surface area contributed by atoms with Crippen LogP contribution in [0.4, 0.5) is 0 Å². The fourth-order valence-corrected chi connectivity index (χ4v) is 3.67. The number of carbonyl (C=O) groups is 1. The molecule has 134 valence electrons. The Morgan fingerprint density at radius 2 is 2.16 bits per heavy atom. The van der Waals surface area contributed by atoms with E-state index in [1.807, 2.05) is 4.90 Å². The second-order valence-corrected chi connectivity index (χ2v) is 6.61. The predicted molar refractivity (Wildman–Crippen MR) is 93.2 cm³/mol. The molecule has 0 radical (unpaired) electrons. The van der Waals surface area contributed by atoms with Crippen LogP contribution in [0.25, 0.3) is 0 Å². The third-order valence-corrected chi connectivity index (χ3v) is 5.12. The van der Waals surface area contributed by atoms with E-state index in [1.54, 1.807) is 24.3 Å². The summed E-state index contributed by atoms with van der Waals surface area (Å²) in [5.74, 6) is 1.07. The molecule has 25 heavy (non-hydrogen) atoms. The summed E-state index contributed by atoms with van der Waals surface area (Å²) >= 11 is 0. The normalized spacial score (nSPS) is 24.1. The Hall–Kier alpha value is -2.10. The van der Waals surface area contributed by atoms with E-state index in [2.05, 4.69) is 17.9 Å². The summed E-state index contributed by atoms with van der Waals surface area (Å²) in [6.45, 7) is 7.20. The lowest BCUT2D eigenvalue weighted by molar-refractivity contribution is -0.132. The number of likely N-dealkylation sites (tertiary alicyclic amines) is 1. The predicted octanol–water partition coefficient (Wildman–Crippen LogP) is 1.51. The Labute approximate surface area is 148 Å². The molecule has 0 bridgehead atoms. The minimum atomic E-state index is 0.0107. The van der Waals surface area contributed by atoms with E-state index in [0.29, 0.717) is 23.3 Å². The van der Waals surface area contributed by atoms with Crippen LogP contribution in [0.3, 0.4) is 0 Å². The van der Waals surface area contributed by atoms with Crippen LogP contribution in [0.2, 0.25) is 0 Å². The zero-order chi connectivity index (χ0) is 17.6. The first-order valence-corrected chi connectivity index (χ1v) is 8.93. The fourth-order valence-electron chi connectivity index (χ4n) is 3.67. The summed E-state index contributed by atoms with van der Waals surface area (Å²) in [7, 11) is 0. The van der Waals surface area contributed by atoms with Gasteiger partial charge in [-0.15, -0.1) is 0 Å². The van der Waals surface area contributed by atoms with Crippen molar-refractivity contribution in [3.63, 3.8) is 0 Å². The summed E-state index contributed by atoms with van der Waals surface area (Å²) in [6.07, 6.45) is 1.07. The molecule has 2 aliphatic heterocycles. The first kappa shape index (κ1) is 17.7. The van der Waals surface area contributed by atoms with Crippen LogP contribution >= 0.6 is 0 Å². The van der Waals surface area contributed by atoms with Crippen molar-refractivity contribution in [2.75, 3.05) is 46.0 Å². The molecule has 0 aromatic heterocycles. The van der Waals surface area contributed by atoms with Gasteiger partial charge in [0.1, 0.15) is 5.75 Å². The van der Waals surface area contributed by atoms with E-state index in [-0.39, 0.29) is 12.5 Å². The smallest absolute Gasteiger partial charge is 0.260 e. The van der Waals surface area contributed by atoms with Crippen LogP contribution in [-0.4, -0.2) is 67.7 Å². The van der Waals surface area contributed by atoms with Crippen molar-refractivity contribution in [3.05, 3.63) is 29.8 Å². The van der Waals surface area contributed by atoms with E-state index in [4.69, 9.17) is 14.7 Å². The van der Waals surface area contributed by atoms with Crippen LogP contribution in [0.1, 0.15) is 18.9 Å². The lowest BCUT2D eigenvalue weighted by atomic mass is 9.99. The van der Waals surface area contributed by atoms with E-state index in [1.165, 1.54) is 0 Å². The SMILES string of the molecule is CC[C@H]1CN(C(=O)COc2cccc(C#N)c2)C[C@@H]1N1CCOCC1. The van der Waals surface area contributed by atoms with Crippen molar-refractivity contribution in [3.8, 4) is 11.8 Å². The van der Waals surface area contributed by atoms with Crippen LogP contribution in [0.15, 0.2) is 24.3 Å². The van der Waals surface area contributed by atoms with E-state index >= 15 is 0 Å². The Bertz CT molecular complexity index is 637. The van der Waals surface area contributed by atoms with Gasteiger partial charge in [-0.3, -0.25) is 9.69 Å². The van der Waals surface area contributed by atoms with Gasteiger partial charge in [0, 0.05) is 32.2 Å². The monoisotopic (exact) mass is 343 g/mol. The zero-order valence-electron chi connectivity index (χ0n) is 14.7. The summed E-state index contributed by atoms with van der Waals surface area (Å²) in [5, 5.41) is 8.93. The Morgan fingerprint density at radius 1 is 1.36 bits per heavy atom. The Kier molecular flexibility index (Phi) is 5.90. The van der Waals surface area contributed by atoms with Gasteiger partial charge in [0.2, 0.25) is 0 Å². The van der Waals surface area contributed by atoms with Crippen molar-refractivity contribution >= 4 is 5.91 Å². The minimum Gasteiger partial charge on any atom is -0.484 e. The van der Waals surface area contributed by atoms with Crippen LogP contribution in [0, 0.1) is 17.2 Å². The highest BCUT2D eigenvalue weighted by Crippen LogP contribution is 2.26. The van der Waals surface area contributed by atoms with Gasteiger partial charge >= 0.3 is 0 Å². The lowest BCUT2D eigenvalue weighted by Gasteiger charge is -2.34. The van der Waals surface area contributed by atoms with Gasteiger partial charge in [-0.2, -0.15) is 5.26 Å². The Morgan fingerprint density at radius 3 is 2.88 bits per heavy atom. The second kappa shape index (κ2) is 8.32. The van der Waals surface area contributed by atoms with Crippen LogP contribution < -0.4 is 4.74 Å². The summed E-state index contributed by atoms with van der Waals surface area (Å²) in [5.41, 5.74) is 0.532. The molecular formula is C19H25N3O3. The number of benzene rings is 1. The highest BCUT2D eigenvalue weighted by molar-refractivity contribution is 5.78. The average Bonchev–Trinajstić information content (AvgIpc) is 3.11. The van der Waals surface area contributed by atoms with Gasteiger partial charge in [0.05, 0.1) is 24.8 Å². The molecule has 6 nitrogen and oxygen atoms in total. The number of rotatable bonds is 5. The summed E-state index contributed by atoms with van der Waals surface area (Å²) in [6, 6.07) is 9.39. The maximum absolute atomic E-state index is 12.6. The van der Waals surface area contributed by atoms with Gasteiger partial charge in [0.25, 0.3) is 5.91 Å². The summed E-state index contributed by atoms with van der Waals surface area (Å²) < 4.78 is 11.0. The van der Waals surface area contributed by atoms with E-state index in [0.717, 1.165) is 45.8 Å². The summed E-state index contributed by atoms with van der Waals surface area (Å²) in [4.78, 5) is 16.9. The molecule has 3 rings (SSSR count). The Balaban J connectivity index is 1.56. The van der Waals surface area contributed by atoms with Crippen molar-refractivity contribution < 1.29 is 14.3 Å². The number of ether oxygens (including phenoxy) is 2. The molecule has 0 saturated carbocycles. The molecule has 1 aromatic rings. The topological polar surface area (TPSA) is 65.8 Å². The molecule has 2 atom stereocenters. The number of carbonyl (C=O) groups excluding carboxylic acids is 1. The van der Waals surface area contributed by atoms with Crippen molar-refractivity contribution in [2.24, 2.45) is 5.92 Å². The van der Waals surface area contributed by atoms with Gasteiger partial charge in [0.15, 0.2) is 6.61 Å². The zero-order valence-corrected chi connectivity index (χ0v) is 14.7.